The van der Waals surface area contributed by atoms with E-state index in [-0.39, 0.29) is 24.1 Å². The van der Waals surface area contributed by atoms with Gasteiger partial charge in [-0.1, -0.05) is 36.4 Å². The standard InChI is InChI=1S/C20H20FNO2/c21-16-10-8-15(9-11-16)19-18-7-2-1-4-14(18)12-13-22(19)20(23)24-17-5-3-6-17/h1-2,4,7-11,17,19H,3,5-6,12-13H2/t19-/m0/s1. The molecule has 4 heteroatoms. The predicted octanol–water partition coefficient (Wildman–Crippen LogP) is 4.46. The normalized spacial score (nSPS) is 20.2. The summed E-state index contributed by atoms with van der Waals surface area (Å²) in [5.41, 5.74) is 3.24. The van der Waals surface area contributed by atoms with Gasteiger partial charge in [-0.25, -0.2) is 9.18 Å². The molecule has 4 rings (SSSR count). The minimum atomic E-state index is -0.272. The van der Waals surface area contributed by atoms with Crippen molar-refractivity contribution in [2.45, 2.75) is 37.8 Å². The maximum absolute atomic E-state index is 13.3. The van der Waals surface area contributed by atoms with Crippen molar-refractivity contribution in [3.63, 3.8) is 0 Å². The third-order valence-corrected chi connectivity index (χ3v) is 5.02. The maximum Gasteiger partial charge on any atom is 0.410 e. The van der Waals surface area contributed by atoms with E-state index < -0.39 is 0 Å². The van der Waals surface area contributed by atoms with Gasteiger partial charge in [0.2, 0.25) is 0 Å². The molecule has 1 heterocycles. The molecule has 0 saturated heterocycles. The third-order valence-electron chi connectivity index (χ3n) is 5.02. The Morgan fingerprint density at radius 2 is 1.83 bits per heavy atom. The van der Waals surface area contributed by atoms with Gasteiger partial charge in [0.1, 0.15) is 11.9 Å². The Kier molecular flexibility index (Phi) is 3.97. The summed E-state index contributed by atoms with van der Waals surface area (Å²) >= 11 is 0. The van der Waals surface area contributed by atoms with Gasteiger partial charge in [0.15, 0.2) is 0 Å². The van der Waals surface area contributed by atoms with E-state index >= 15 is 0 Å². The number of carbonyl (C=O) groups excluding carboxylic acids is 1. The molecule has 2 aromatic carbocycles. The number of hydrogen-bond donors (Lipinski definition) is 0. The molecule has 0 aromatic heterocycles. The van der Waals surface area contributed by atoms with Crippen molar-refractivity contribution in [1.29, 1.82) is 0 Å². The zero-order valence-electron chi connectivity index (χ0n) is 13.5. The molecule has 1 amide bonds. The Morgan fingerprint density at radius 1 is 1.08 bits per heavy atom. The summed E-state index contributed by atoms with van der Waals surface area (Å²) in [6.45, 7) is 0.616. The van der Waals surface area contributed by atoms with Crippen LogP contribution in [-0.2, 0) is 11.2 Å². The smallest absolute Gasteiger partial charge is 0.410 e. The fourth-order valence-corrected chi connectivity index (χ4v) is 3.47. The summed E-state index contributed by atoms with van der Waals surface area (Å²) in [7, 11) is 0. The number of rotatable bonds is 2. The Morgan fingerprint density at radius 3 is 2.54 bits per heavy atom. The summed E-state index contributed by atoms with van der Waals surface area (Å²) in [6.07, 6.45) is 3.65. The number of hydrogen-bond acceptors (Lipinski definition) is 2. The molecule has 0 radical (unpaired) electrons. The molecule has 124 valence electrons. The van der Waals surface area contributed by atoms with E-state index in [2.05, 4.69) is 6.07 Å². The van der Waals surface area contributed by atoms with Gasteiger partial charge < -0.3 is 4.74 Å². The van der Waals surface area contributed by atoms with Crippen LogP contribution in [0.15, 0.2) is 48.5 Å². The van der Waals surface area contributed by atoms with Crippen molar-refractivity contribution in [3.8, 4) is 0 Å². The third kappa shape index (κ3) is 2.77. The van der Waals surface area contributed by atoms with Crippen LogP contribution in [-0.4, -0.2) is 23.6 Å². The molecule has 2 aliphatic rings. The van der Waals surface area contributed by atoms with Crippen LogP contribution < -0.4 is 0 Å². The van der Waals surface area contributed by atoms with Crippen molar-refractivity contribution >= 4 is 6.09 Å². The van der Waals surface area contributed by atoms with Gasteiger partial charge >= 0.3 is 6.09 Å². The van der Waals surface area contributed by atoms with Gasteiger partial charge in [0.05, 0.1) is 6.04 Å². The molecule has 1 atom stereocenters. The van der Waals surface area contributed by atoms with Crippen LogP contribution in [0.25, 0.3) is 0 Å². The van der Waals surface area contributed by atoms with Crippen molar-refractivity contribution in [2.75, 3.05) is 6.54 Å². The number of nitrogens with zero attached hydrogens (tertiary/aromatic N) is 1. The summed E-state index contributed by atoms with van der Waals surface area (Å²) in [4.78, 5) is 14.5. The highest BCUT2D eigenvalue weighted by Gasteiger charge is 2.34. The van der Waals surface area contributed by atoms with E-state index in [1.807, 2.05) is 18.2 Å². The second-order valence-electron chi connectivity index (χ2n) is 6.53. The second kappa shape index (κ2) is 6.27. The highest BCUT2D eigenvalue weighted by molar-refractivity contribution is 5.70. The largest absolute Gasteiger partial charge is 0.446 e. The number of halogens is 1. The van der Waals surface area contributed by atoms with Crippen LogP contribution in [0.5, 0.6) is 0 Å². The first-order chi connectivity index (χ1) is 11.7. The molecule has 1 saturated carbocycles. The van der Waals surface area contributed by atoms with Gasteiger partial charge in [-0.3, -0.25) is 4.90 Å². The average Bonchev–Trinajstić information content (AvgIpc) is 2.58. The predicted molar refractivity (Wildman–Crippen MR) is 89.2 cm³/mol. The molecule has 0 unspecified atom stereocenters. The Hall–Kier alpha value is -2.36. The fourth-order valence-electron chi connectivity index (χ4n) is 3.47. The quantitative estimate of drug-likeness (QED) is 0.816. The van der Waals surface area contributed by atoms with E-state index in [4.69, 9.17) is 4.74 Å². The fraction of sp³-hybridized carbons (Fsp3) is 0.350. The van der Waals surface area contributed by atoms with Crippen molar-refractivity contribution in [2.24, 2.45) is 0 Å². The summed E-state index contributed by atoms with van der Waals surface area (Å²) < 4.78 is 19.0. The number of ether oxygens (including phenoxy) is 1. The Bertz CT molecular complexity index is 740. The zero-order chi connectivity index (χ0) is 16.5. The minimum Gasteiger partial charge on any atom is -0.446 e. The van der Waals surface area contributed by atoms with Crippen molar-refractivity contribution in [3.05, 3.63) is 71.0 Å². The van der Waals surface area contributed by atoms with Crippen LogP contribution in [0, 0.1) is 5.82 Å². The molecule has 1 fully saturated rings. The van der Waals surface area contributed by atoms with Gasteiger partial charge in [0, 0.05) is 6.54 Å². The molecule has 0 bridgehead atoms. The van der Waals surface area contributed by atoms with Gasteiger partial charge in [-0.2, -0.15) is 0 Å². The molecule has 0 spiro atoms. The SMILES string of the molecule is O=C(OC1CCC1)N1CCc2ccccc2[C@@H]1c1ccc(F)cc1. The molecule has 24 heavy (non-hydrogen) atoms. The lowest BCUT2D eigenvalue weighted by atomic mass is 9.88. The monoisotopic (exact) mass is 325 g/mol. The van der Waals surface area contributed by atoms with Crippen molar-refractivity contribution in [1.82, 2.24) is 4.90 Å². The number of carbonyl (C=O) groups is 1. The maximum atomic E-state index is 13.3. The first kappa shape index (κ1) is 15.2. The van der Waals surface area contributed by atoms with E-state index in [0.29, 0.717) is 6.54 Å². The lowest BCUT2D eigenvalue weighted by molar-refractivity contribution is 0.0200. The summed E-state index contributed by atoms with van der Waals surface area (Å²) in [6, 6.07) is 14.3. The number of benzene rings is 2. The number of amides is 1. The Balaban J connectivity index is 1.69. The van der Waals surface area contributed by atoms with E-state index in [9.17, 15) is 9.18 Å². The average molecular weight is 325 g/mol. The van der Waals surface area contributed by atoms with Crippen LogP contribution in [0.2, 0.25) is 0 Å². The molecule has 2 aromatic rings. The van der Waals surface area contributed by atoms with Crippen LogP contribution in [0.4, 0.5) is 9.18 Å². The van der Waals surface area contributed by atoms with Gasteiger partial charge in [-0.05, 0) is 54.5 Å². The highest BCUT2D eigenvalue weighted by Crippen LogP contribution is 2.36. The van der Waals surface area contributed by atoms with E-state index in [0.717, 1.165) is 36.8 Å². The van der Waals surface area contributed by atoms with E-state index in [1.165, 1.54) is 17.7 Å². The lowest BCUT2D eigenvalue weighted by Crippen LogP contribution is -2.43. The summed E-state index contributed by atoms with van der Waals surface area (Å²) in [5, 5.41) is 0. The molecular formula is C20H20FNO2. The van der Waals surface area contributed by atoms with Gasteiger partial charge in [-0.15, -0.1) is 0 Å². The van der Waals surface area contributed by atoms with E-state index in [1.54, 1.807) is 17.0 Å². The van der Waals surface area contributed by atoms with Crippen LogP contribution in [0.1, 0.15) is 42.0 Å². The minimum absolute atomic E-state index is 0.0588. The first-order valence-electron chi connectivity index (χ1n) is 8.53. The zero-order valence-corrected chi connectivity index (χ0v) is 13.5. The second-order valence-corrected chi connectivity index (χ2v) is 6.53. The van der Waals surface area contributed by atoms with Crippen LogP contribution >= 0.6 is 0 Å². The lowest BCUT2D eigenvalue weighted by Gasteiger charge is -2.38. The molecular weight excluding hydrogens is 305 g/mol. The van der Waals surface area contributed by atoms with Crippen molar-refractivity contribution < 1.29 is 13.9 Å². The first-order valence-corrected chi connectivity index (χ1v) is 8.53. The molecule has 1 aliphatic heterocycles. The Labute approximate surface area is 141 Å². The van der Waals surface area contributed by atoms with Gasteiger partial charge in [0.25, 0.3) is 0 Å². The molecule has 1 aliphatic carbocycles. The topological polar surface area (TPSA) is 29.5 Å². The van der Waals surface area contributed by atoms with Crippen LogP contribution in [0.3, 0.4) is 0 Å². The molecule has 3 nitrogen and oxygen atoms in total. The molecule has 0 N–H and O–H groups in total. The summed E-state index contributed by atoms with van der Waals surface area (Å²) in [5.74, 6) is -0.272. The highest BCUT2D eigenvalue weighted by atomic mass is 19.1. The number of fused-ring (bicyclic) bond motifs is 1.